The maximum absolute atomic E-state index is 11.9. The van der Waals surface area contributed by atoms with Crippen molar-refractivity contribution < 1.29 is 4.79 Å². The summed E-state index contributed by atoms with van der Waals surface area (Å²) in [5.41, 5.74) is 0. The van der Waals surface area contributed by atoms with Crippen LogP contribution in [0.2, 0.25) is 0 Å². The Morgan fingerprint density at radius 1 is 1.22 bits per heavy atom. The lowest BCUT2D eigenvalue weighted by molar-refractivity contribution is -0.130. The Morgan fingerprint density at radius 3 is 2.39 bits per heavy atom. The van der Waals surface area contributed by atoms with Gasteiger partial charge in [-0.25, -0.2) is 0 Å². The Morgan fingerprint density at radius 2 is 1.83 bits per heavy atom. The van der Waals surface area contributed by atoms with Gasteiger partial charge in [0, 0.05) is 25.7 Å². The lowest BCUT2D eigenvalue weighted by atomic mass is 10.1. The van der Waals surface area contributed by atoms with Crippen molar-refractivity contribution in [1.29, 1.82) is 0 Å². The van der Waals surface area contributed by atoms with E-state index < -0.39 is 0 Å². The van der Waals surface area contributed by atoms with E-state index in [4.69, 9.17) is 0 Å². The molecule has 4 heteroatoms. The third-order valence-electron chi connectivity index (χ3n) is 3.70. The molecular weight excluding hydrogens is 226 g/mol. The SMILES string of the molecule is CCN(CC)C(=O)CNC(C)CN1CCCCC1. The maximum atomic E-state index is 11.9. The van der Waals surface area contributed by atoms with Crippen molar-refractivity contribution in [2.45, 2.75) is 46.1 Å². The molecule has 0 spiro atoms. The number of hydrogen-bond donors (Lipinski definition) is 1. The van der Waals surface area contributed by atoms with Gasteiger partial charge >= 0.3 is 0 Å². The summed E-state index contributed by atoms with van der Waals surface area (Å²) >= 11 is 0. The van der Waals surface area contributed by atoms with Crippen molar-refractivity contribution in [1.82, 2.24) is 15.1 Å². The lowest BCUT2D eigenvalue weighted by Crippen LogP contribution is -2.45. The van der Waals surface area contributed by atoms with Crippen LogP contribution in [-0.4, -0.2) is 61.0 Å². The topological polar surface area (TPSA) is 35.6 Å². The molecule has 1 amide bonds. The second-order valence-corrected chi connectivity index (χ2v) is 5.21. The zero-order valence-electron chi connectivity index (χ0n) is 12.2. The number of likely N-dealkylation sites (N-methyl/N-ethyl adjacent to an activating group) is 1. The zero-order valence-corrected chi connectivity index (χ0v) is 12.2. The van der Waals surface area contributed by atoms with Crippen LogP contribution in [0.1, 0.15) is 40.0 Å². The highest BCUT2D eigenvalue weighted by Gasteiger charge is 2.15. The van der Waals surface area contributed by atoms with Crippen molar-refractivity contribution in [3.63, 3.8) is 0 Å². The van der Waals surface area contributed by atoms with E-state index in [-0.39, 0.29) is 5.91 Å². The zero-order chi connectivity index (χ0) is 13.4. The minimum absolute atomic E-state index is 0.213. The first-order valence-electron chi connectivity index (χ1n) is 7.40. The second kappa shape index (κ2) is 8.48. The standard InChI is InChI=1S/C14H29N3O/c1-4-17(5-2)14(18)11-15-13(3)12-16-9-7-6-8-10-16/h13,15H,4-12H2,1-3H3. The molecule has 0 radical (unpaired) electrons. The summed E-state index contributed by atoms with van der Waals surface area (Å²) in [7, 11) is 0. The molecule has 0 bridgehead atoms. The predicted octanol–water partition coefficient (Wildman–Crippen LogP) is 1.32. The van der Waals surface area contributed by atoms with Gasteiger partial charge in [0.15, 0.2) is 0 Å². The molecule has 0 aromatic carbocycles. The lowest BCUT2D eigenvalue weighted by Gasteiger charge is -2.29. The smallest absolute Gasteiger partial charge is 0.236 e. The van der Waals surface area contributed by atoms with Gasteiger partial charge in [-0.1, -0.05) is 6.42 Å². The van der Waals surface area contributed by atoms with E-state index in [1.165, 1.54) is 32.4 Å². The van der Waals surface area contributed by atoms with E-state index in [2.05, 4.69) is 17.1 Å². The van der Waals surface area contributed by atoms with Crippen LogP contribution in [0.4, 0.5) is 0 Å². The molecule has 0 aromatic heterocycles. The van der Waals surface area contributed by atoms with E-state index in [0.717, 1.165) is 19.6 Å². The number of rotatable bonds is 7. The Hall–Kier alpha value is -0.610. The average molecular weight is 255 g/mol. The summed E-state index contributed by atoms with van der Waals surface area (Å²) < 4.78 is 0. The number of nitrogens with one attached hydrogen (secondary N) is 1. The molecule has 0 saturated carbocycles. The molecule has 1 atom stereocenters. The van der Waals surface area contributed by atoms with Gasteiger partial charge in [0.1, 0.15) is 0 Å². The highest BCUT2D eigenvalue weighted by Crippen LogP contribution is 2.08. The first kappa shape index (κ1) is 15.4. The molecule has 0 aliphatic carbocycles. The summed E-state index contributed by atoms with van der Waals surface area (Å²) in [4.78, 5) is 16.2. The van der Waals surface area contributed by atoms with E-state index in [0.29, 0.717) is 12.6 Å². The summed E-state index contributed by atoms with van der Waals surface area (Å²) in [5, 5.41) is 3.35. The number of carbonyl (C=O) groups is 1. The van der Waals surface area contributed by atoms with Crippen LogP contribution < -0.4 is 5.32 Å². The normalized spacial score (nSPS) is 18.6. The van der Waals surface area contributed by atoms with Gasteiger partial charge < -0.3 is 15.1 Å². The van der Waals surface area contributed by atoms with Gasteiger partial charge in [0.25, 0.3) is 0 Å². The predicted molar refractivity (Wildman–Crippen MR) is 75.7 cm³/mol. The van der Waals surface area contributed by atoms with Gasteiger partial charge in [-0.15, -0.1) is 0 Å². The van der Waals surface area contributed by atoms with Crippen LogP contribution in [-0.2, 0) is 4.79 Å². The Bertz CT molecular complexity index is 235. The maximum Gasteiger partial charge on any atom is 0.236 e. The fourth-order valence-corrected chi connectivity index (χ4v) is 2.54. The minimum atomic E-state index is 0.213. The molecule has 106 valence electrons. The quantitative estimate of drug-likeness (QED) is 0.745. The molecule has 1 fully saturated rings. The second-order valence-electron chi connectivity index (χ2n) is 5.21. The number of carbonyl (C=O) groups excluding carboxylic acids is 1. The molecule has 1 aliphatic rings. The van der Waals surface area contributed by atoms with E-state index in [1.54, 1.807) is 0 Å². The van der Waals surface area contributed by atoms with Crippen LogP contribution in [0.15, 0.2) is 0 Å². The largest absolute Gasteiger partial charge is 0.342 e. The summed E-state index contributed by atoms with van der Waals surface area (Å²) in [6, 6.07) is 0.391. The third kappa shape index (κ3) is 5.36. The van der Waals surface area contributed by atoms with Crippen LogP contribution in [0.3, 0.4) is 0 Å². The molecular formula is C14H29N3O. The number of likely N-dealkylation sites (tertiary alicyclic amines) is 1. The van der Waals surface area contributed by atoms with Crippen LogP contribution >= 0.6 is 0 Å². The molecule has 1 N–H and O–H groups in total. The third-order valence-corrected chi connectivity index (χ3v) is 3.70. The number of nitrogens with zero attached hydrogens (tertiary/aromatic N) is 2. The highest BCUT2D eigenvalue weighted by molar-refractivity contribution is 5.78. The van der Waals surface area contributed by atoms with E-state index in [1.807, 2.05) is 18.7 Å². The van der Waals surface area contributed by atoms with Crippen LogP contribution in [0.25, 0.3) is 0 Å². The van der Waals surface area contributed by atoms with Gasteiger partial charge in [-0.2, -0.15) is 0 Å². The first-order chi connectivity index (χ1) is 8.67. The Balaban J connectivity index is 2.19. The van der Waals surface area contributed by atoms with Gasteiger partial charge in [-0.3, -0.25) is 4.79 Å². The monoisotopic (exact) mass is 255 g/mol. The fraction of sp³-hybridized carbons (Fsp3) is 0.929. The van der Waals surface area contributed by atoms with Crippen molar-refractivity contribution >= 4 is 5.91 Å². The minimum Gasteiger partial charge on any atom is -0.342 e. The van der Waals surface area contributed by atoms with Crippen molar-refractivity contribution in [3.05, 3.63) is 0 Å². The number of piperidine rings is 1. The molecule has 4 nitrogen and oxygen atoms in total. The number of hydrogen-bond acceptors (Lipinski definition) is 3. The molecule has 0 aromatic rings. The van der Waals surface area contributed by atoms with Gasteiger partial charge in [-0.05, 0) is 46.7 Å². The first-order valence-corrected chi connectivity index (χ1v) is 7.40. The Labute approximate surface area is 112 Å². The van der Waals surface area contributed by atoms with Crippen molar-refractivity contribution in [2.24, 2.45) is 0 Å². The van der Waals surface area contributed by atoms with Crippen molar-refractivity contribution in [2.75, 3.05) is 39.3 Å². The summed E-state index contributed by atoms with van der Waals surface area (Å²) in [6.07, 6.45) is 4.02. The molecule has 1 unspecified atom stereocenters. The Kier molecular flexibility index (Phi) is 7.28. The number of amides is 1. The average Bonchev–Trinajstić information content (AvgIpc) is 2.39. The van der Waals surface area contributed by atoms with Gasteiger partial charge in [0.05, 0.1) is 6.54 Å². The van der Waals surface area contributed by atoms with Gasteiger partial charge in [0.2, 0.25) is 5.91 Å². The molecule has 1 aliphatic heterocycles. The van der Waals surface area contributed by atoms with Crippen LogP contribution in [0.5, 0.6) is 0 Å². The van der Waals surface area contributed by atoms with Crippen LogP contribution in [0, 0.1) is 0 Å². The molecule has 18 heavy (non-hydrogen) atoms. The summed E-state index contributed by atoms with van der Waals surface area (Å²) in [5.74, 6) is 0.213. The van der Waals surface area contributed by atoms with Crippen molar-refractivity contribution in [3.8, 4) is 0 Å². The fourth-order valence-electron chi connectivity index (χ4n) is 2.54. The summed E-state index contributed by atoms with van der Waals surface area (Å²) in [6.45, 7) is 11.8. The van der Waals surface area contributed by atoms with E-state index in [9.17, 15) is 4.79 Å². The molecule has 1 heterocycles. The highest BCUT2D eigenvalue weighted by atomic mass is 16.2. The molecule has 1 rings (SSSR count). The van der Waals surface area contributed by atoms with E-state index >= 15 is 0 Å². The molecule has 1 saturated heterocycles.